The number of allylic oxidation sites excluding steroid dienone is 4. The lowest BCUT2D eigenvalue weighted by atomic mass is 10.3. The molecule has 0 fully saturated rings. The topological polar surface area (TPSA) is 43.4 Å². The molecule has 0 radical (unpaired) electrons. The van der Waals surface area contributed by atoms with Crippen LogP contribution in [0.5, 0.6) is 0 Å². The highest BCUT2D eigenvalue weighted by Gasteiger charge is 1.87. The van der Waals surface area contributed by atoms with Gasteiger partial charge in [-0.05, 0) is 12.2 Å². The third-order valence-corrected chi connectivity index (χ3v) is 1.01. The number of ether oxygens (including phenoxy) is 1. The Balaban J connectivity index is 3.89. The SMILES string of the molecule is C=CC(=O)C=CC=CC(=O)OC. The fourth-order valence-electron chi connectivity index (χ4n) is 0.421. The van der Waals surface area contributed by atoms with Crippen molar-refractivity contribution in [1.29, 1.82) is 0 Å². The molecule has 0 aliphatic carbocycles. The molecular formula is C9H10O3. The molecular weight excluding hydrogens is 156 g/mol. The maximum Gasteiger partial charge on any atom is 0.330 e. The fraction of sp³-hybridized carbons (Fsp3) is 0.111. The lowest BCUT2D eigenvalue weighted by molar-refractivity contribution is -0.134. The predicted octanol–water partition coefficient (Wildman–Crippen LogP) is 1.03. The van der Waals surface area contributed by atoms with Crippen molar-refractivity contribution in [2.45, 2.75) is 0 Å². The van der Waals surface area contributed by atoms with Gasteiger partial charge in [-0.1, -0.05) is 18.7 Å². The van der Waals surface area contributed by atoms with E-state index in [4.69, 9.17) is 0 Å². The van der Waals surface area contributed by atoms with Gasteiger partial charge in [-0.2, -0.15) is 0 Å². The summed E-state index contributed by atoms with van der Waals surface area (Å²) in [4.78, 5) is 21.0. The number of carbonyl (C=O) groups is 2. The van der Waals surface area contributed by atoms with Crippen LogP contribution in [-0.2, 0) is 14.3 Å². The molecule has 3 heteroatoms. The van der Waals surface area contributed by atoms with E-state index in [0.29, 0.717) is 0 Å². The van der Waals surface area contributed by atoms with Gasteiger partial charge >= 0.3 is 5.97 Å². The average molecular weight is 166 g/mol. The Morgan fingerprint density at radius 2 is 1.83 bits per heavy atom. The summed E-state index contributed by atoms with van der Waals surface area (Å²) in [5, 5.41) is 0. The molecule has 3 nitrogen and oxygen atoms in total. The van der Waals surface area contributed by atoms with Crippen LogP contribution >= 0.6 is 0 Å². The van der Waals surface area contributed by atoms with E-state index in [1.807, 2.05) is 0 Å². The largest absolute Gasteiger partial charge is 0.466 e. The summed E-state index contributed by atoms with van der Waals surface area (Å²) in [5.41, 5.74) is 0. The van der Waals surface area contributed by atoms with Gasteiger partial charge < -0.3 is 4.74 Å². The van der Waals surface area contributed by atoms with Gasteiger partial charge in [-0.25, -0.2) is 4.79 Å². The van der Waals surface area contributed by atoms with Crippen molar-refractivity contribution in [3.05, 3.63) is 37.0 Å². The molecule has 0 aliphatic rings. The van der Waals surface area contributed by atoms with Crippen LogP contribution in [0, 0.1) is 0 Å². The van der Waals surface area contributed by atoms with Crippen LogP contribution in [0.2, 0.25) is 0 Å². The smallest absolute Gasteiger partial charge is 0.330 e. The maximum absolute atomic E-state index is 10.6. The van der Waals surface area contributed by atoms with Gasteiger partial charge in [0.1, 0.15) is 0 Å². The lowest BCUT2D eigenvalue weighted by Gasteiger charge is -1.85. The number of carbonyl (C=O) groups excluding carboxylic acids is 2. The molecule has 64 valence electrons. The zero-order chi connectivity index (χ0) is 9.40. The molecule has 0 heterocycles. The minimum Gasteiger partial charge on any atom is -0.466 e. The van der Waals surface area contributed by atoms with Gasteiger partial charge in [0.05, 0.1) is 7.11 Å². The van der Waals surface area contributed by atoms with Crippen LogP contribution in [0.3, 0.4) is 0 Å². The summed E-state index contributed by atoms with van der Waals surface area (Å²) in [6.45, 7) is 3.27. The fourth-order valence-corrected chi connectivity index (χ4v) is 0.421. The van der Waals surface area contributed by atoms with Crippen LogP contribution < -0.4 is 0 Å². The monoisotopic (exact) mass is 166 g/mol. The summed E-state index contributed by atoms with van der Waals surface area (Å²) < 4.78 is 4.32. The highest BCUT2D eigenvalue weighted by Crippen LogP contribution is 1.82. The van der Waals surface area contributed by atoms with E-state index in [-0.39, 0.29) is 5.78 Å². The minimum atomic E-state index is -0.453. The van der Waals surface area contributed by atoms with E-state index >= 15 is 0 Å². The summed E-state index contributed by atoms with van der Waals surface area (Å²) in [5.74, 6) is -0.657. The third kappa shape index (κ3) is 5.17. The first-order chi connectivity index (χ1) is 5.70. The normalized spacial score (nSPS) is 10.4. The lowest BCUT2D eigenvalue weighted by Crippen LogP contribution is -1.92. The van der Waals surface area contributed by atoms with Gasteiger partial charge in [0.2, 0.25) is 0 Å². The van der Waals surface area contributed by atoms with Crippen LogP contribution in [0.25, 0.3) is 0 Å². The summed E-state index contributed by atoms with van der Waals surface area (Å²) in [6.07, 6.45) is 6.57. The number of hydrogen-bond donors (Lipinski definition) is 0. The van der Waals surface area contributed by atoms with Gasteiger partial charge in [-0.3, -0.25) is 4.79 Å². The van der Waals surface area contributed by atoms with Gasteiger partial charge in [0.15, 0.2) is 5.78 Å². The molecule has 0 spiro atoms. The van der Waals surface area contributed by atoms with E-state index in [1.54, 1.807) is 0 Å². The molecule has 0 rings (SSSR count). The molecule has 0 atom stereocenters. The highest BCUT2D eigenvalue weighted by atomic mass is 16.5. The molecule has 0 unspecified atom stereocenters. The minimum absolute atomic E-state index is 0.204. The summed E-state index contributed by atoms with van der Waals surface area (Å²) in [7, 11) is 1.28. The second-order valence-corrected chi connectivity index (χ2v) is 1.85. The van der Waals surface area contributed by atoms with Crippen molar-refractivity contribution < 1.29 is 14.3 Å². The van der Waals surface area contributed by atoms with E-state index in [2.05, 4.69) is 11.3 Å². The van der Waals surface area contributed by atoms with Crippen LogP contribution in [0.15, 0.2) is 37.0 Å². The number of hydrogen-bond acceptors (Lipinski definition) is 3. The molecule has 0 saturated carbocycles. The van der Waals surface area contributed by atoms with Crippen molar-refractivity contribution in [2.24, 2.45) is 0 Å². The van der Waals surface area contributed by atoms with Gasteiger partial charge in [0.25, 0.3) is 0 Å². The molecule has 12 heavy (non-hydrogen) atoms. The van der Waals surface area contributed by atoms with Crippen LogP contribution in [0.1, 0.15) is 0 Å². The third-order valence-electron chi connectivity index (χ3n) is 1.01. The molecule has 0 amide bonds. The Morgan fingerprint density at radius 1 is 1.25 bits per heavy atom. The van der Waals surface area contributed by atoms with Crippen LogP contribution in [0.4, 0.5) is 0 Å². The van der Waals surface area contributed by atoms with Gasteiger partial charge in [-0.15, -0.1) is 0 Å². The number of esters is 1. The van der Waals surface area contributed by atoms with Crippen molar-refractivity contribution in [3.8, 4) is 0 Å². The average Bonchev–Trinajstić information content (AvgIpc) is 2.11. The van der Waals surface area contributed by atoms with E-state index < -0.39 is 5.97 Å². The standard InChI is InChI=1S/C9H10O3/c1-3-8(10)6-4-5-7-9(11)12-2/h3-7H,1H2,2H3. The summed E-state index contributed by atoms with van der Waals surface area (Å²) in [6, 6.07) is 0. The molecule has 0 aromatic rings. The zero-order valence-corrected chi connectivity index (χ0v) is 6.82. The Morgan fingerprint density at radius 3 is 2.33 bits per heavy atom. The molecule has 0 N–H and O–H groups in total. The van der Waals surface area contributed by atoms with Crippen molar-refractivity contribution in [1.82, 2.24) is 0 Å². The Bertz CT molecular complexity index is 236. The van der Waals surface area contributed by atoms with Gasteiger partial charge in [0, 0.05) is 6.08 Å². The van der Waals surface area contributed by atoms with E-state index in [9.17, 15) is 9.59 Å². The van der Waals surface area contributed by atoms with Crippen molar-refractivity contribution >= 4 is 11.8 Å². The zero-order valence-electron chi connectivity index (χ0n) is 6.82. The Kier molecular flexibility index (Phi) is 5.26. The molecule has 0 saturated heterocycles. The first-order valence-corrected chi connectivity index (χ1v) is 3.29. The second-order valence-electron chi connectivity index (χ2n) is 1.85. The first kappa shape index (κ1) is 10.4. The number of methoxy groups -OCH3 is 1. The Hall–Kier alpha value is -1.64. The predicted molar refractivity (Wildman–Crippen MR) is 45.5 cm³/mol. The second kappa shape index (κ2) is 6.09. The van der Waals surface area contributed by atoms with Crippen molar-refractivity contribution in [3.63, 3.8) is 0 Å². The van der Waals surface area contributed by atoms with E-state index in [1.165, 1.54) is 37.5 Å². The first-order valence-electron chi connectivity index (χ1n) is 3.29. The Labute approximate surface area is 71.0 Å². The molecule has 0 aliphatic heterocycles. The maximum atomic E-state index is 10.6. The number of rotatable bonds is 4. The molecule has 0 aromatic carbocycles. The van der Waals surface area contributed by atoms with Crippen LogP contribution in [-0.4, -0.2) is 18.9 Å². The quantitative estimate of drug-likeness (QED) is 0.356. The number of ketones is 1. The highest BCUT2D eigenvalue weighted by molar-refractivity contribution is 5.98. The summed E-state index contributed by atoms with van der Waals surface area (Å²) >= 11 is 0. The van der Waals surface area contributed by atoms with E-state index in [0.717, 1.165) is 0 Å². The molecule has 0 aromatic heterocycles. The molecule has 0 bridgehead atoms. The van der Waals surface area contributed by atoms with Crippen molar-refractivity contribution in [2.75, 3.05) is 7.11 Å².